The second-order valence-electron chi connectivity index (χ2n) is 3.76. The van der Waals surface area contributed by atoms with Crippen LogP contribution in [0.5, 0.6) is 0 Å². The summed E-state index contributed by atoms with van der Waals surface area (Å²) >= 11 is 0. The second-order valence-corrected chi connectivity index (χ2v) is 3.76. The average Bonchev–Trinajstić information content (AvgIpc) is 2.24. The van der Waals surface area contributed by atoms with Gasteiger partial charge in [0.25, 0.3) is 0 Å². The van der Waals surface area contributed by atoms with E-state index in [0.29, 0.717) is 12.2 Å². The van der Waals surface area contributed by atoms with Gasteiger partial charge < -0.3 is 9.84 Å². The molecule has 0 radical (unpaired) electrons. The van der Waals surface area contributed by atoms with Gasteiger partial charge >= 0.3 is 0 Å². The van der Waals surface area contributed by atoms with Gasteiger partial charge in [-0.05, 0) is 30.0 Å². The van der Waals surface area contributed by atoms with Gasteiger partial charge in [0.05, 0.1) is 6.10 Å². The van der Waals surface area contributed by atoms with Crippen LogP contribution >= 0.6 is 0 Å². The molecule has 1 aromatic rings. The fourth-order valence-electron chi connectivity index (χ4n) is 1.48. The van der Waals surface area contributed by atoms with Crippen molar-refractivity contribution in [2.45, 2.75) is 19.4 Å². The standard InChI is InChI=1S/C12H17FO2/c1-9(6-7-15-2)12(14)10-4-3-5-11(13)8-10/h3-5,8-9,12,14H,6-7H2,1-2H3. The molecule has 84 valence electrons. The summed E-state index contributed by atoms with van der Waals surface area (Å²) in [6.07, 6.45) is 0.129. The Morgan fingerprint density at radius 2 is 2.20 bits per heavy atom. The highest BCUT2D eigenvalue weighted by Crippen LogP contribution is 2.24. The van der Waals surface area contributed by atoms with Crippen molar-refractivity contribution in [3.63, 3.8) is 0 Å². The van der Waals surface area contributed by atoms with Crippen LogP contribution in [0.15, 0.2) is 24.3 Å². The van der Waals surface area contributed by atoms with E-state index in [2.05, 4.69) is 0 Å². The van der Waals surface area contributed by atoms with Gasteiger partial charge in [0.15, 0.2) is 0 Å². The normalized spacial score (nSPS) is 14.9. The van der Waals surface area contributed by atoms with E-state index in [1.165, 1.54) is 12.1 Å². The minimum absolute atomic E-state index is 0.0618. The quantitative estimate of drug-likeness (QED) is 0.812. The van der Waals surface area contributed by atoms with Crippen LogP contribution in [-0.2, 0) is 4.74 Å². The predicted octanol–water partition coefficient (Wildman–Crippen LogP) is 2.53. The first-order valence-electron chi connectivity index (χ1n) is 5.07. The fourth-order valence-corrected chi connectivity index (χ4v) is 1.48. The highest BCUT2D eigenvalue weighted by atomic mass is 19.1. The lowest BCUT2D eigenvalue weighted by molar-refractivity contribution is 0.0884. The summed E-state index contributed by atoms with van der Waals surface area (Å²) in [5, 5.41) is 9.92. The predicted molar refractivity (Wildman–Crippen MR) is 57.0 cm³/mol. The van der Waals surface area contributed by atoms with E-state index in [4.69, 9.17) is 4.74 Å². The van der Waals surface area contributed by atoms with Crippen molar-refractivity contribution in [2.24, 2.45) is 5.92 Å². The molecule has 0 amide bonds. The van der Waals surface area contributed by atoms with Crippen molar-refractivity contribution >= 4 is 0 Å². The first-order chi connectivity index (χ1) is 7.15. The Bertz CT molecular complexity index is 301. The largest absolute Gasteiger partial charge is 0.388 e. The summed E-state index contributed by atoms with van der Waals surface area (Å²) in [6.45, 7) is 2.53. The summed E-state index contributed by atoms with van der Waals surface area (Å²) in [4.78, 5) is 0. The highest BCUT2D eigenvalue weighted by molar-refractivity contribution is 5.19. The molecule has 1 aromatic carbocycles. The number of hydrogen-bond donors (Lipinski definition) is 1. The van der Waals surface area contributed by atoms with Gasteiger partial charge in [0.1, 0.15) is 5.82 Å². The third-order valence-electron chi connectivity index (χ3n) is 2.51. The summed E-state index contributed by atoms with van der Waals surface area (Å²) in [5.74, 6) is -0.253. The molecule has 3 heteroatoms. The molecular formula is C12H17FO2. The lowest BCUT2D eigenvalue weighted by atomic mass is 9.95. The zero-order valence-electron chi connectivity index (χ0n) is 9.11. The third kappa shape index (κ3) is 3.61. The Morgan fingerprint density at radius 1 is 1.47 bits per heavy atom. The molecule has 0 aliphatic carbocycles. The van der Waals surface area contributed by atoms with E-state index >= 15 is 0 Å². The number of benzene rings is 1. The Labute approximate surface area is 89.7 Å². The molecule has 0 spiro atoms. The van der Waals surface area contributed by atoms with Gasteiger partial charge in [-0.1, -0.05) is 19.1 Å². The van der Waals surface area contributed by atoms with Crippen molar-refractivity contribution in [3.8, 4) is 0 Å². The summed E-state index contributed by atoms with van der Waals surface area (Å²) in [6, 6.07) is 6.08. The molecule has 2 atom stereocenters. The number of ether oxygens (including phenoxy) is 1. The van der Waals surface area contributed by atoms with Crippen molar-refractivity contribution in [2.75, 3.05) is 13.7 Å². The number of methoxy groups -OCH3 is 1. The van der Waals surface area contributed by atoms with Crippen LogP contribution in [0.3, 0.4) is 0 Å². The lowest BCUT2D eigenvalue weighted by Crippen LogP contribution is -2.11. The van der Waals surface area contributed by atoms with Crippen LogP contribution in [-0.4, -0.2) is 18.8 Å². The SMILES string of the molecule is COCCC(C)C(O)c1cccc(F)c1. The molecule has 2 unspecified atom stereocenters. The van der Waals surface area contributed by atoms with Gasteiger partial charge in [-0.3, -0.25) is 0 Å². The Morgan fingerprint density at radius 3 is 2.80 bits per heavy atom. The van der Waals surface area contributed by atoms with Crippen molar-refractivity contribution < 1.29 is 14.2 Å². The van der Waals surface area contributed by atoms with E-state index in [0.717, 1.165) is 6.42 Å². The minimum atomic E-state index is -0.629. The number of hydrogen-bond acceptors (Lipinski definition) is 2. The number of halogens is 1. The zero-order valence-corrected chi connectivity index (χ0v) is 9.11. The lowest BCUT2D eigenvalue weighted by Gasteiger charge is -2.18. The number of rotatable bonds is 5. The molecule has 0 aromatic heterocycles. The molecule has 0 aliphatic rings. The molecule has 0 saturated carbocycles. The van der Waals surface area contributed by atoms with Crippen molar-refractivity contribution in [3.05, 3.63) is 35.6 Å². The molecule has 0 fully saturated rings. The smallest absolute Gasteiger partial charge is 0.123 e. The average molecular weight is 212 g/mol. The summed E-state index contributed by atoms with van der Waals surface area (Å²) < 4.78 is 17.8. The van der Waals surface area contributed by atoms with Gasteiger partial charge in [-0.25, -0.2) is 4.39 Å². The third-order valence-corrected chi connectivity index (χ3v) is 2.51. The maximum atomic E-state index is 12.9. The van der Waals surface area contributed by atoms with E-state index in [1.807, 2.05) is 6.92 Å². The zero-order chi connectivity index (χ0) is 11.3. The monoisotopic (exact) mass is 212 g/mol. The van der Waals surface area contributed by atoms with E-state index < -0.39 is 6.10 Å². The number of aliphatic hydroxyl groups is 1. The second kappa shape index (κ2) is 5.83. The van der Waals surface area contributed by atoms with E-state index in [1.54, 1.807) is 19.2 Å². The van der Waals surface area contributed by atoms with Crippen molar-refractivity contribution in [1.82, 2.24) is 0 Å². The van der Waals surface area contributed by atoms with Crippen LogP contribution in [0.4, 0.5) is 4.39 Å². The molecule has 2 nitrogen and oxygen atoms in total. The van der Waals surface area contributed by atoms with Crippen LogP contribution in [0.25, 0.3) is 0 Å². The molecule has 15 heavy (non-hydrogen) atoms. The fraction of sp³-hybridized carbons (Fsp3) is 0.500. The van der Waals surface area contributed by atoms with Crippen LogP contribution in [0, 0.1) is 11.7 Å². The Hall–Kier alpha value is -0.930. The van der Waals surface area contributed by atoms with Crippen LogP contribution in [0.1, 0.15) is 25.0 Å². The minimum Gasteiger partial charge on any atom is -0.388 e. The van der Waals surface area contributed by atoms with E-state index in [9.17, 15) is 9.50 Å². The topological polar surface area (TPSA) is 29.5 Å². The molecule has 1 rings (SSSR count). The molecule has 0 bridgehead atoms. The molecule has 1 N–H and O–H groups in total. The first kappa shape index (κ1) is 12.1. The van der Waals surface area contributed by atoms with Gasteiger partial charge in [-0.15, -0.1) is 0 Å². The van der Waals surface area contributed by atoms with Crippen LogP contribution < -0.4 is 0 Å². The molecule has 0 heterocycles. The number of aliphatic hydroxyl groups excluding tert-OH is 1. The van der Waals surface area contributed by atoms with Gasteiger partial charge in [0.2, 0.25) is 0 Å². The van der Waals surface area contributed by atoms with Crippen molar-refractivity contribution in [1.29, 1.82) is 0 Å². The summed E-state index contributed by atoms with van der Waals surface area (Å²) in [5.41, 5.74) is 0.624. The summed E-state index contributed by atoms with van der Waals surface area (Å²) in [7, 11) is 1.63. The maximum absolute atomic E-state index is 12.9. The van der Waals surface area contributed by atoms with Crippen LogP contribution in [0.2, 0.25) is 0 Å². The molecular weight excluding hydrogens is 195 g/mol. The first-order valence-corrected chi connectivity index (χ1v) is 5.07. The highest BCUT2D eigenvalue weighted by Gasteiger charge is 2.16. The molecule has 0 aliphatic heterocycles. The Balaban J connectivity index is 2.62. The maximum Gasteiger partial charge on any atom is 0.123 e. The molecule has 0 saturated heterocycles. The Kier molecular flexibility index (Phi) is 4.72. The van der Waals surface area contributed by atoms with E-state index in [-0.39, 0.29) is 11.7 Å². The van der Waals surface area contributed by atoms with Gasteiger partial charge in [0, 0.05) is 13.7 Å². The van der Waals surface area contributed by atoms with Gasteiger partial charge in [-0.2, -0.15) is 0 Å².